The van der Waals surface area contributed by atoms with Crippen molar-refractivity contribution >= 4 is 0 Å². The third kappa shape index (κ3) is 11.0. The number of rotatable bonds is 2. The van der Waals surface area contributed by atoms with E-state index in [1.54, 1.807) is 13.7 Å². The summed E-state index contributed by atoms with van der Waals surface area (Å²) in [6.07, 6.45) is 0. The van der Waals surface area contributed by atoms with Crippen molar-refractivity contribution in [3.05, 3.63) is 6.61 Å². The molecule has 0 bridgehead atoms. The summed E-state index contributed by atoms with van der Waals surface area (Å²) in [7, 11) is 1.67. The smallest absolute Gasteiger partial charge is 0 e. The molecule has 41 valence electrons. The molecule has 0 N–H and O–H groups in total. The van der Waals surface area contributed by atoms with Gasteiger partial charge in [0.15, 0.2) is 0 Å². The van der Waals surface area contributed by atoms with E-state index in [9.17, 15) is 0 Å². The van der Waals surface area contributed by atoms with Crippen LogP contribution in [0.4, 0.5) is 0 Å². The summed E-state index contributed by atoms with van der Waals surface area (Å²) in [4.78, 5) is 0. The van der Waals surface area contributed by atoms with E-state index in [0.29, 0.717) is 5.92 Å². The molecule has 1 radical (unpaired) electrons. The SMILES string of the molecule is CO[CH-]C(C)C.[Y]. The average molecular weight is 176 g/mol. The van der Waals surface area contributed by atoms with Crippen LogP contribution in [0, 0.1) is 12.5 Å². The zero-order valence-electron chi connectivity index (χ0n) is 5.14. The first-order valence-corrected chi connectivity index (χ1v) is 2.13. The van der Waals surface area contributed by atoms with Crippen LogP contribution in [0.2, 0.25) is 0 Å². The molecule has 1 nitrogen and oxygen atoms in total. The fourth-order valence-corrected chi connectivity index (χ4v) is 0.272. The Morgan fingerprint density at radius 3 is 1.86 bits per heavy atom. The molecule has 0 saturated carbocycles. The molecule has 0 aromatic heterocycles. The second-order valence-corrected chi connectivity index (χ2v) is 1.62. The Kier molecular flexibility index (Phi) is 11.0. The largest absolute Gasteiger partial charge is 0.554 e. The molecule has 0 aliphatic heterocycles. The summed E-state index contributed by atoms with van der Waals surface area (Å²) in [5, 5.41) is 0. The van der Waals surface area contributed by atoms with Gasteiger partial charge in [0.05, 0.1) is 0 Å². The molecule has 0 atom stereocenters. The van der Waals surface area contributed by atoms with Gasteiger partial charge < -0.3 is 4.74 Å². The Morgan fingerprint density at radius 1 is 1.43 bits per heavy atom. The third-order valence-electron chi connectivity index (χ3n) is 0.408. The first-order chi connectivity index (χ1) is 2.77. The van der Waals surface area contributed by atoms with Gasteiger partial charge in [-0.3, -0.25) is 0 Å². The van der Waals surface area contributed by atoms with Crippen LogP contribution in [0.3, 0.4) is 0 Å². The van der Waals surface area contributed by atoms with Gasteiger partial charge in [-0.05, 0) is 7.11 Å². The molecule has 0 fully saturated rings. The molecule has 0 aromatic carbocycles. The molecule has 0 aliphatic carbocycles. The topological polar surface area (TPSA) is 9.23 Å². The van der Waals surface area contributed by atoms with E-state index in [1.165, 1.54) is 0 Å². The predicted octanol–water partition coefficient (Wildman–Crippen LogP) is 1.45. The van der Waals surface area contributed by atoms with Crippen molar-refractivity contribution in [3.63, 3.8) is 0 Å². The van der Waals surface area contributed by atoms with Gasteiger partial charge in [0.2, 0.25) is 0 Å². The summed E-state index contributed by atoms with van der Waals surface area (Å²) >= 11 is 0. The zero-order chi connectivity index (χ0) is 4.99. The van der Waals surface area contributed by atoms with Crippen LogP contribution < -0.4 is 0 Å². The Bertz CT molecular complexity index is 29.3. The van der Waals surface area contributed by atoms with Gasteiger partial charge >= 0.3 is 0 Å². The Hall–Kier alpha value is 1.06. The maximum atomic E-state index is 4.68. The van der Waals surface area contributed by atoms with Crippen molar-refractivity contribution in [1.29, 1.82) is 0 Å². The molecule has 0 spiro atoms. The van der Waals surface area contributed by atoms with E-state index in [1.807, 2.05) is 0 Å². The number of methoxy groups -OCH3 is 1. The Morgan fingerprint density at radius 2 is 1.86 bits per heavy atom. The van der Waals surface area contributed by atoms with Crippen molar-refractivity contribution < 1.29 is 37.4 Å². The van der Waals surface area contributed by atoms with Gasteiger partial charge in [-0.1, -0.05) is 13.8 Å². The van der Waals surface area contributed by atoms with Crippen LogP contribution in [-0.4, -0.2) is 7.11 Å². The fourth-order valence-electron chi connectivity index (χ4n) is 0.272. The van der Waals surface area contributed by atoms with Crippen molar-refractivity contribution in [2.75, 3.05) is 7.11 Å². The van der Waals surface area contributed by atoms with E-state index < -0.39 is 0 Å². The minimum Gasteiger partial charge on any atom is -0.554 e. The molecule has 7 heavy (non-hydrogen) atoms. The minimum absolute atomic E-state index is 0. The summed E-state index contributed by atoms with van der Waals surface area (Å²) in [6.45, 7) is 5.94. The minimum atomic E-state index is 0. The van der Waals surface area contributed by atoms with Gasteiger partial charge in [0, 0.05) is 32.7 Å². The number of hydrogen-bond donors (Lipinski definition) is 0. The Labute approximate surface area is 70.7 Å². The number of ether oxygens (including phenoxy) is 1. The van der Waals surface area contributed by atoms with Crippen LogP contribution in [0.5, 0.6) is 0 Å². The molecule has 2 heteroatoms. The zero-order valence-corrected chi connectivity index (χ0v) is 7.98. The van der Waals surface area contributed by atoms with Crippen LogP contribution in [0.25, 0.3) is 0 Å². The normalized spacial score (nSPS) is 8.57. The molecule has 0 heterocycles. The van der Waals surface area contributed by atoms with Gasteiger partial charge in [-0.25, -0.2) is 6.61 Å². The summed E-state index contributed by atoms with van der Waals surface area (Å²) in [5.74, 6) is 0.551. The van der Waals surface area contributed by atoms with E-state index >= 15 is 0 Å². The van der Waals surface area contributed by atoms with E-state index in [-0.39, 0.29) is 32.7 Å². The van der Waals surface area contributed by atoms with Crippen LogP contribution in [-0.2, 0) is 37.4 Å². The van der Waals surface area contributed by atoms with E-state index in [4.69, 9.17) is 0 Å². The molecule has 0 saturated heterocycles. The van der Waals surface area contributed by atoms with Gasteiger partial charge in [-0.2, -0.15) is 5.92 Å². The monoisotopic (exact) mass is 176 g/mol. The fraction of sp³-hybridized carbons (Fsp3) is 0.800. The van der Waals surface area contributed by atoms with E-state index in [2.05, 4.69) is 18.6 Å². The van der Waals surface area contributed by atoms with Crippen LogP contribution in [0.15, 0.2) is 0 Å². The summed E-state index contributed by atoms with van der Waals surface area (Å²) in [5.41, 5.74) is 0. The first kappa shape index (κ1) is 10.9. The second kappa shape index (κ2) is 7.06. The second-order valence-electron chi connectivity index (χ2n) is 1.62. The van der Waals surface area contributed by atoms with Crippen molar-refractivity contribution in [1.82, 2.24) is 0 Å². The van der Waals surface area contributed by atoms with Crippen LogP contribution in [0.1, 0.15) is 13.8 Å². The quantitative estimate of drug-likeness (QED) is 0.578. The predicted molar refractivity (Wildman–Crippen MR) is 26.1 cm³/mol. The molecule has 0 aliphatic rings. The maximum Gasteiger partial charge on any atom is 0 e. The van der Waals surface area contributed by atoms with Crippen LogP contribution >= 0.6 is 0 Å². The summed E-state index contributed by atoms with van der Waals surface area (Å²) in [6, 6.07) is 0. The Balaban J connectivity index is 0. The molecular formula is C5H11OY-. The molecule has 0 unspecified atom stereocenters. The van der Waals surface area contributed by atoms with Crippen molar-refractivity contribution in [2.24, 2.45) is 5.92 Å². The molecule has 0 amide bonds. The first-order valence-electron chi connectivity index (χ1n) is 2.13. The van der Waals surface area contributed by atoms with Gasteiger partial charge in [-0.15, -0.1) is 0 Å². The maximum absolute atomic E-state index is 4.68. The molecule has 0 aromatic rings. The van der Waals surface area contributed by atoms with Gasteiger partial charge in [0.1, 0.15) is 0 Å². The van der Waals surface area contributed by atoms with Crippen molar-refractivity contribution in [3.8, 4) is 0 Å². The number of hydrogen-bond acceptors (Lipinski definition) is 1. The third-order valence-corrected chi connectivity index (χ3v) is 0.408. The van der Waals surface area contributed by atoms with Gasteiger partial charge in [0.25, 0.3) is 0 Å². The standard InChI is InChI=1S/C5H11O.Y/c1-5(2)4-6-3;/h4-5H,1-3H3;/q-1;. The van der Waals surface area contributed by atoms with Crippen molar-refractivity contribution in [2.45, 2.75) is 13.8 Å². The molecule has 0 rings (SSSR count). The van der Waals surface area contributed by atoms with E-state index in [0.717, 1.165) is 0 Å². The summed E-state index contributed by atoms with van der Waals surface area (Å²) < 4.78 is 4.68. The molecular weight excluding hydrogens is 165 g/mol. The average Bonchev–Trinajstić information content (AvgIpc) is 1.35.